The summed E-state index contributed by atoms with van der Waals surface area (Å²) >= 11 is 0. The van der Waals surface area contributed by atoms with E-state index < -0.39 is 12.4 Å². The van der Waals surface area contributed by atoms with Gasteiger partial charge in [-0.25, -0.2) is 15.0 Å². The van der Waals surface area contributed by atoms with Crippen LogP contribution in [0.5, 0.6) is 0 Å². The topological polar surface area (TPSA) is 125 Å². The number of carbonyl (C=O) groups is 1. The number of hydrogen-bond acceptors (Lipinski definition) is 9. The molecule has 11 heteroatoms. The second kappa shape index (κ2) is 10.4. The number of ether oxygens (including phenoxy) is 2. The van der Waals surface area contributed by atoms with E-state index in [0.717, 1.165) is 28.0 Å². The van der Waals surface area contributed by atoms with E-state index in [9.17, 15) is 4.79 Å². The molecule has 4 heterocycles. The van der Waals surface area contributed by atoms with Crippen LogP contribution < -0.4 is 21.1 Å². The Bertz CT molecular complexity index is 1640. The van der Waals surface area contributed by atoms with Crippen molar-refractivity contribution in [1.29, 1.82) is 0 Å². The monoisotopic (exact) mass is 534 g/mol. The standard InChI is InChI=1S/C29H26N8O3/c38-27-25(33-23(18-8-2-1-3-9-18)19-10-4-5-11-20(19)32-27)34-29-36-35-28(40-29)24-26(37-14-16-39-17-15-37)31-22-13-7-6-12-21(22)30-24/h1-13,25,28,35H,14-17H2,(H,32,38)(H,34,36)/t25-,28?/m1/s1. The molecule has 3 aliphatic heterocycles. The number of nitrogens with zero attached hydrogens (tertiary/aromatic N) is 5. The zero-order valence-electron chi connectivity index (χ0n) is 21.4. The van der Waals surface area contributed by atoms with Crippen LogP contribution in [0.25, 0.3) is 11.0 Å². The van der Waals surface area contributed by atoms with Crippen molar-refractivity contribution in [2.75, 3.05) is 36.5 Å². The van der Waals surface area contributed by atoms with Crippen molar-refractivity contribution in [1.82, 2.24) is 20.8 Å². The van der Waals surface area contributed by atoms with Gasteiger partial charge in [0.2, 0.25) is 12.4 Å². The number of amidine groups is 1. The van der Waals surface area contributed by atoms with Gasteiger partial charge in [0, 0.05) is 24.2 Å². The fraction of sp³-hybridized carbons (Fsp3) is 0.207. The maximum absolute atomic E-state index is 13.2. The molecule has 0 saturated carbocycles. The highest BCUT2D eigenvalue weighted by Crippen LogP contribution is 2.29. The minimum Gasteiger partial charge on any atom is -0.437 e. The van der Waals surface area contributed by atoms with E-state index >= 15 is 0 Å². The lowest BCUT2D eigenvalue weighted by molar-refractivity contribution is -0.117. The van der Waals surface area contributed by atoms with E-state index in [0.29, 0.717) is 43.4 Å². The summed E-state index contributed by atoms with van der Waals surface area (Å²) in [4.78, 5) is 34.5. The molecule has 7 rings (SSSR count). The number of amides is 1. The molecule has 1 aromatic heterocycles. The summed E-state index contributed by atoms with van der Waals surface area (Å²) in [6.07, 6.45) is -1.76. The third-order valence-corrected chi connectivity index (χ3v) is 6.89. The van der Waals surface area contributed by atoms with Crippen LogP contribution in [0.2, 0.25) is 0 Å². The molecule has 11 nitrogen and oxygen atoms in total. The van der Waals surface area contributed by atoms with E-state index in [1.807, 2.05) is 78.9 Å². The highest BCUT2D eigenvalue weighted by atomic mass is 16.5. The molecular weight excluding hydrogens is 508 g/mol. The number of hydrogen-bond donors (Lipinski definition) is 3. The van der Waals surface area contributed by atoms with Gasteiger partial charge in [0.25, 0.3) is 5.91 Å². The van der Waals surface area contributed by atoms with Crippen LogP contribution in [-0.2, 0) is 14.3 Å². The molecule has 2 fully saturated rings. The van der Waals surface area contributed by atoms with Crippen molar-refractivity contribution in [2.24, 2.45) is 9.98 Å². The smallest absolute Gasteiger partial charge is 0.304 e. The second-order valence-electron chi connectivity index (χ2n) is 9.47. The molecule has 3 N–H and O–H groups in total. The summed E-state index contributed by atoms with van der Waals surface area (Å²) in [6.45, 7) is 2.61. The quantitative estimate of drug-likeness (QED) is 0.365. The van der Waals surface area contributed by atoms with Crippen LogP contribution in [0.4, 0.5) is 11.5 Å². The Balaban J connectivity index is 1.22. The van der Waals surface area contributed by atoms with Gasteiger partial charge >= 0.3 is 6.02 Å². The predicted molar refractivity (Wildman–Crippen MR) is 151 cm³/mol. The number of anilines is 2. The average Bonchev–Trinajstić information content (AvgIpc) is 3.43. The summed E-state index contributed by atoms with van der Waals surface area (Å²) in [7, 11) is 0. The minimum absolute atomic E-state index is 0.134. The lowest BCUT2D eigenvalue weighted by Gasteiger charge is -2.29. The van der Waals surface area contributed by atoms with Crippen LogP contribution in [0, 0.1) is 0 Å². The number of benzene rings is 3. The Morgan fingerprint density at radius 2 is 1.60 bits per heavy atom. The third kappa shape index (κ3) is 4.61. The molecule has 3 aliphatic rings. The number of hydrazine groups is 1. The second-order valence-corrected chi connectivity index (χ2v) is 9.47. The van der Waals surface area contributed by atoms with E-state index in [1.165, 1.54) is 0 Å². The highest BCUT2D eigenvalue weighted by molar-refractivity contribution is 6.19. The van der Waals surface area contributed by atoms with E-state index in [4.69, 9.17) is 24.4 Å². The van der Waals surface area contributed by atoms with Crippen molar-refractivity contribution in [2.45, 2.75) is 12.4 Å². The Kier molecular flexibility index (Phi) is 6.27. The summed E-state index contributed by atoms with van der Waals surface area (Å²) < 4.78 is 11.7. The van der Waals surface area contributed by atoms with Gasteiger partial charge in [-0.2, -0.15) is 10.4 Å². The van der Waals surface area contributed by atoms with E-state index in [1.54, 1.807) is 0 Å². The Hall–Kier alpha value is -4.87. The summed E-state index contributed by atoms with van der Waals surface area (Å²) in [5.74, 6) is 0.355. The lowest BCUT2D eigenvalue weighted by atomic mass is 10.0. The highest BCUT2D eigenvalue weighted by Gasteiger charge is 2.32. The van der Waals surface area contributed by atoms with Gasteiger partial charge in [-0.1, -0.05) is 60.7 Å². The number of rotatable bonds is 4. The largest absolute Gasteiger partial charge is 0.437 e. The Morgan fingerprint density at radius 3 is 2.42 bits per heavy atom. The summed E-state index contributed by atoms with van der Waals surface area (Å²) in [6, 6.07) is 25.2. The first-order valence-corrected chi connectivity index (χ1v) is 13.1. The molecule has 0 radical (unpaired) electrons. The van der Waals surface area contributed by atoms with Crippen molar-refractivity contribution < 1.29 is 14.3 Å². The number of para-hydroxylation sites is 3. The van der Waals surface area contributed by atoms with Crippen molar-refractivity contribution >= 4 is 40.2 Å². The number of aliphatic imine (C=N–C) groups is 2. The Morgan fingerprint density at radius 1 is 0.875 bits per heavy atom. The van der Waals surface area contributed by atoms with Crippen molar-refractivity contribution in [3.05, 3.63) is 95.7 Å². The fourth-order valence-corrected chi connectivity index (χ4v) is 4.94. The molecule has 1 amide bonds. The molecule has 40 heavy (non-hydrogen) atoms. The van der Waals surface area contributed by atoms with Crippen LogP contribution in [0.1, 0.15) is 23.0 Å². The number of fused-ring (bicyclic) bond motifs is 2. The normalized spacial score (nSPS) is 21.7. The first kappa shape index (κ1) is 24.2. The first-order chi connectivity index (χ1) is 19.7. The molecule has 3 aromatic carbocycles. The maximum Gasteiger partial charge on any atom is 0.304 e. The molecule has 0 aliphatic carbocycles. The maximum atomic E-state index is 13.2. The van der Waals surface area contributed by atoms with Gasteiger partial charge in [-0.15, -0.1) is 0 Å². The molecule has 2 atom stereocenters. The lowest BCUT2D eigenvalue weighted by Crippen LogP contribution is -2.38. The fourth-order valence-electron chi connectivity index (χ4n) is 4.94. The van der Waals surface area contributed by atoms with Gasteiger partial charge in [0.15, 0.2) is 5.82 Å². The molecule has 1 unspecified atom stereocenters. The number of aromatic nitrogens is 2. The van der Waals surface area contributed by atoms with Crippen molar-refractivity contribution in [3.63, 3.8) is 0 Å². The van der Waals surface area contributed by atoms with Crippen molar-refractivity contribution in [3.8, 4) is 0 Å². The molecule has 0 spiro atoms. The van der Waals surface area contributed by atoms with Crippen LogP contribution in [-0.4, -0.2) is 60.1 Å². The average molecular weight is 535 g/mol. The number of nitrogens with one attached hydrogen (secondary N) is 3. The molecule has 2 saturated heterocycles. The molecule has 200 valence electrons. The number of carbonyl (C=O) groups excluding carboxylic acids is 1. The molecular formula is C29H26N8O3. The van der Waals surface area contributed by atoms with Gasteiger partial charge in [0.1, 0.15) is 5.69 Å². The van der Waals surface area contributed by atoms with Crippen LogP contribution in [0.3, 0.4) is 0 Å². The first-order valence-electron chi connectivity index (χ1n) is 13.1. The van der Waals surface area contributed by atoms with Crippen LogP contribution >= 0.6 is 0 Å². The van der Waals surface area contributed by atoms with Gasteiger partial charge in [-0.3, -0.25) is 10.2 Å². The van der Waals surface area contributed by atoms with E-state index in [2.05, 4.69) is 26.1 Å². The number of benzodiazepines with no additional fused rings is 1. The van der Waals surface area contributed by atoms with Gasteiger partial charge in [0.05, 0.1) is 35.6 Å². The van der Waals surface area contributed by atoms with Gasteiger partial charge < -0.3 is 19.7 Å². The predicted octanol–water partition coefficient (Wildman–Crippen LogP) is 2.76. The minimum atomic E-state index is -1.08. The SMILES string of the molecule is O=C1Nc2ccccc2C(c2ccccc2)=N[C@@H]1/N=C1\NNC(c2nc3ccccc3nc2N2CCOCC2)O1. The molecule has 0 bridgehead atoms. The van der Waals surface area contributed by atoms with E-state index in [-0.39, 0.29) is 11.9 Å². The van der Waals surface area contributed by atoms with Gasteiger partial charge in [-0.05, 0) is 18.2 Å². The number of morpholine rings is 1. The Labute approximate surface area is 229 Å². The zero-order chi connectivity index (χ0) is 26.9. The molecule has 4 aromatic rings. The third-order valence-electron chi connectivity index (χ3n) is 6.89. The summed E-state index contributed by atoms with van der Waals surface area (Å²) in [5, 5.41) is 2.96. The van der Waals surface area contributed by atoms with Crippen LogP contribution in [0.15, 0.2) is 88.8 Å². The summed E-state index contributed by atoms with van der Waals surface area (Å²) in [5.41, 5.74) is 11.3. The zero-order valence-corrected chi connectivity index (χ0v) is 21.4.